The molecule has 76 valence electrons. The maximum atomic E-state index is 12.6. The van der Waals surface area contributed by atoms with Gasteiger partial charge < -0.3 is 10.6 Å². The third kappa shape index (κ3) is 2.96. The predicted octanol–water partition coefficient (Wildman–Crippen LogP) is 1.22. The Bertz CT molecular complexity index is 340. The SMILES string of the molecule is CC(C)C=NOc1ncc(F)c(N)n1. The highest BCUT2D eigenvalue weighted by molar-refractivity contribution is 5.58. The Labute approximate surface area is 80.8 Å². The van der Waals surface area contributed by atoms with E-state index in [9.17, 15) is 4.39 Å². The van der Waals surface area contributed by atoms with Gasteiger partial charge in [0, 0.05) is 6.21 Å². The topological polar surface area (TPSA) is 73.4 Å². The van der Waals surface area contributed by atoms with E-state index in [0.717, 1.165) is 6.20 Å². The second-order valence-corrected chi connectivity index (χ2v) is 2.98. The maximum Gasteiger partial charge on any atom is 0.347 e. The molecule has 5 nitrogen and oxygen atoms in total. The summed E-state index contributed by atoms with van der Waals surface area (Å²) in [5.74, 6) is -0.673. The summed E-state index contributed by atoms with van der Waals surface area (Å²) in [6, 6.07) is -0.0687. The van der Waals surface area contributed by atoms with Crippen molar-refractivity contribution in [3.8, 4) is 6.01 Å². The van der Waals surface area contributed by atoms with Gasteiger partial charge in [-0.25, -0.2) is 4.39 Å². The number of anilines is 1. The Hall–Kier alpha value is -1.72. The summed E-state index contributed by atoms with van der Waals surface area (Å²) < 4.78 is 12.6. The number of nitrogens with two attached hydrogens (primary N) is 1. The van der Waals surface area contributed by atoms with E-state index in [1.54, 1.807) is 6.21 Å². The van der Waals surface area contributed by atoms with Crippen LogP contribution in [0, 0.1) is 11.7 Å². The third-order valence-corrected chi connectivity index (χ3v) is 1.24. The molecule has 0 amide bonds. The van der Waals surface area contributed by atoms with Crippen LogP contribution in [0.15, 0.2) is 11.4 Å². The highest BCUT2D eigenvalue weighted by Crippen LogP contribution is 2.09. The van der Waals surface area contributed by atoms with Crippen LogP contribution in [0.3, 0.4) is 0 Å². The van der Waals surface area contributed by atoms with E-state index >= 15 is 0 Å². The van der Waals surface area contributed by atoms with E-state index in [0.29, 0.717) is 0 Å². The first-order valence-electron chi connectivity index (χ1n) is 4.08. The van der Waals surface area contributed by atoms with Gasteiger partial charge in [-0.2, -0.15) is 9.97 Å². The molecule has 1 aromatic rings. The van der Waals surface area contributed by atoms with Crippen LogP contribution in [0.2, 0.25) is 0 Å². The molecule has 6 heteroatoms. The van der Waals surface area contributed by atoms with Gasteiger partial charge in [0.2, 0.25) is 0 Å². The lowest BCUT2D eigenvalue weighted by Crippen LogP contribution is -2.00. The Morgan fingerprint density at radius 3 is 2.93 bits per heavy atom. The van der Waals surface area contributed by atoms with Gasteiger partial charge >= 0.3 is 6.01 Å². The summed E-state index contributed by atoms with van der Waals surface area (Å²) in [6.45, 7) is 3.87. The monoisotopic (exact) mass is 198 g/mol. The van der Waals surface area contributed by atoms with Gasteiger partial charge in [-0.3, -0.25) is 0 Å². The summed E-state index contributed by atoms with van der Waals surface area (Å²) in [4.78, 5) is 11.8. The van der Waals surface area contributed by atoms with Crippen molar-refractivity contribution in [2.45, 2.75) is 13.8 Å². The lowest BCUT2D eigenvalue weighted by atomic mass is 10.3. The second kappa shape index (κ2) is 4.50. The van der Waals surface area contributed by atoms with Crippen molar-refractivity contribution in [3.05, 3.63) is 12.0 Å². The van der Waals surface area contributed by atoms with Gasteiger partial charge in [-0.1, -0.05) is 19.0 Å². The van der Waals surface area contributed by atoms with E-state index in [1.807, 2.05) is 13.8 Å². The quantitative estimate of drug-likeness (QED) is 0.585. The van der Waals surface area contributed by atoms with Crippen molar-refractivity contribution in [2.75, 3.05) is 5.73 Å². The number of halogens is 1. The molecule has 0 atom stereocenters. The van der Waals surface area contributed by atoms with Crippen LogP contribution >= 0.6 is 0 Å². The van der Waals surface area contributed by atoms with Crippen LogP contribution in [-0.4, -0.2) is 16.2 Å². The van der Waals surface area contributed by atoms with E-state index < -0.39 is 5.82 Å². The van der Waals surface area contributed by atoms with Gasteiger partial charge in [-0.05, 0) is 5.92 Å². The summed E-state index contributed by atoms with van der Waals surface area (Å²) in [6.07, 6.45) is 2.51. The normalized spacial score (nSPS) is 11.1. The van der Waals surface area contributed by atoms with E-state index in [2.05, 4.69) is 15.1 Å². The van der Waals surface area contributed by atoms with Crippen LogP contribution in [0.1, 0.15) is 13.8 Å². The standard InChI is InChI=1S/C8H11FN4O/c1-5(2)3-12-14-8-11-4-6(9)7(10)13-8/h3-5H,1-2H3,(H2,10,11,13). The van der Waals surface area contributed by atoms with Gasteiger partial charge in [-0.15, -0.1) is 0 Å². The Morgan fingerprint density at radius 1 is 1.64 bits per heavy atom. The fourth-order valence-electron chi connectivity index (χ4n) is 0.607. The number of hydrogen-bond acceptors (Lipinski definition) is 5. The van der Waals surface area contributed by atoms with Gasteiger partial charge in [0.25, 0.3) is 0 Å². The van der Waals surface area contributed by atoms with E-state index in [4.69, 9.17) is 10.6 Å². The number of aromatic nitrogens is 2. The van der Waals surface area contributed by atoms with Crippen molar-refractivity contribution in [3.63, 3.8) is 0 Å². The second-order valence-electron chi connectivity index (χ2n) is 2.98. The first-order chi connectivity index (χ1) is 6.59. The van der Waals surface area contributed by atoms with E-state index in [1.165, 1.54) is 0 Å². The summed E-state index contributed by atoms with van der Waals surface area (Å²) in [7, 11) is 0. The molecule has 0 aliphatic carbocycles. The third-order valence-electron chi connectivity index (χ3n) is 1.24. The highest BCUT2D eigenvalue weighted by atomic mass is 19.1. The molecule has 0 radical (unpaired) electrons. The minimum Gasteiger partial charge on any atom is -0.381 e. The van der Waals surface area contributed by atoms with Crippen molar-refractivity contribution in [1.29, 1.82) is 0 Å². The predicted molar refractivity (Wildman–Crippen MR) is 50.4 cm³/mol. The highest BCUT2D eigenvalue weighted by Gasteiger charge is 2.03. The Kier molecular flexibility index (Phi) is 3.33. The van der Waals surface area contributed by atoms with Crippen molar-refractivity contribution in [1.82, 2.24) is 9.97 Å². The lowest BCUT2D eigenvalue weighted by Gasteiger charge is -1.98. The first-order valence-corrected chi connectivity index (χ1v) is 4.08. The van der Waals surface area contributed by atoms with Crippen LogP contribution in [-0.2, 0) is 0 Å². The molecule has 0 aromatic carbocycles. The zero-order chi connectivity index (χ0) is 10.6. The number of nitrogens with zero attached hydrogens (tertiary/aromatic N) is 3. The molecule has 0 fully saturated rings. The largest absolute Gasteiger partial charge is 0.381 e. The summed E-state index contributed by atoms with van der Waals surface area (Å²) in [5, 5.41) is 3.58. The van der Waals surface area contributed by atoms with Crippen LogP contribution < -0.4 is 10.6 Å². The average Bonchev–Trinajstić information content (AvgIpc) is 2.10. The Morgan fingerprint density at radius 2 is 2.36 bits per heavy atom. The molecule has 1 rings (SSSR count). The number of oxime groups is 1. The maximum absolute atomic E-state index is 12.6. The minimum atomic E-state index is -0.676. The van der Waals surface area contributed by atoms with Crippen molar-refractivity contribution >= 4 is 12.0 Å². The fourth-order valence-corrected chi connectivity index (χ4v) is 0.607. The van der Waals surface area contributed by atoms with Crippen LogP contribution in [0.25, 0.3) is 0 Å². The molecule has 0 bridgehead atoms. The molecule has 2 N–H and O–H groups in total. The molecule has 0 spiro atoms. The molecule has 0 saturated heterocycles. The lowest BCUT2D eigenvalue weighted by molar-refractivity contribution is 0.311. The first kappa shape index (κ1) is 10.4. The van der Waals surface area contributed by atoms with E-state index in [-0.39, 0.29) is 17.7 Å². The van der Waals surface area contributed by atoms with Gasteiger partial charge in [0.1, 0.15) is 0 Å². The fraction of sp³-hybridized carbons (Fsp3) is 0.375. The molecule has 14 heavy (non-hydrogen) atoms. The van der Waals surface area contributed by atoms with Gasteiger partial charge in [0.15, 0.2) is 11.6 Å². The zero-order valence-corrected chi connectivity index (χ0v) is 7.94. The number of hydrogen-bond donors (Lipinski definition) is 1. The molecule has 0 aliphatic heterocycles. The van der Waals surface area contributed by atoms with Crippen LogP contribution in [0.4, 0.5) is 10.2 Å². The molecule has 0 unspecified atom stereocenters. The zero-order valence-electron chi connectivity index (χ0n) is 7.94. The molecule has 0 aliphatic rings. The van der Waals surface area contributed by atoms with Gasteiger partial charge in [0.05, 0.1) is 6.20 Å². The summed E-state index contributed by atoms with van der Waals surface area (Å²) in [5.41, 5.74) is 5.19. The molecule has 1 heterocycles. The minimum absolute atomic E-state index is 0.0687. The number of rotatable bonds is 3. The smallest absolute Gasteiger partial charge is 0.347 e. The van der Waals surface area contributed by atoms with Crippen molar-refractivity contribution in [2.24, 2.45) is 11.1 Å². The molecular formula is C8H11FN4O. The molecule has 1 aromatic heterocycles. The number of nitrogen functional groups attached to an aromatic ring is 1. The van der Waals surface area contributed by atoms with Crippen molar-refractivity contribution < 1.29 is 9.23 Å². The average molecular weight is 198 g/mol. The molecule has 0 saturated carbocycles. The summed E-state index contributed by atoms with van der Waals surface area (Å²) >= 11 is 0. The Balaban J connectivity index is 2.64. The molecular weight excluding hydrogens is 187 g/mol. The van der Waals surface area contributed by atoms with Crippen LogP contribution in [0.5, 0.6) is 6.01 Å².